The minimum absolute atomic E-state index is 0.124. The van der Waals surface area contributed by atoms with Crippen LogP contribution in [-0.2, 0) is 16.6 Å². The lowest BCUT2D eigenvalue weighted by molar-refractivity contribution is 0.0628. The lowest BCUT2D eigenvalue weighted by atomic mass is 10.1. The van der Waals surface area contributed by atoms with Crippen LogP contribution < -0.4 is 4.72 Å². The van der Waals surface area contributed by atoms with Crippen molar-refractivity contribution in [1.82, 2.24) is 9.80 Å². The number of hydrogen-bond acceptors (Lipinski definition) is 4. The molecule has 1 heterocycles. The van der Waals surface area contributed by atoms with Crippen molar-refractivity contribution in [2.45, 2.75) is 32.2 Å². The first-order chi connectivity index (χ1) is 16.2. The molecule has 1 saturated heterocycles. The standard InChI is InChI=1S/C27H31N3O3S/c1-20-10-12-25(17-22(20)3)28-34(32,33)26-18-24(11-9-21(26)2)27(31)30-15-13-29(14-16-30)19-23-7-5-4-6-8-23/h4-12,17-18,28H,13-16,19H2,1-3H3. The van der Waals surface area contributed by atoms with Gasteiger partial charge in [-0.25, -0.2) is 8.42 Å². The number of piperazine rings is 1. The van der Waals surface area contributed by atoms with Crippen molar-refractivity contribution < 1.29 is 13.2 Å². The number of nitrogens with zero attached hydrogens (tertiary/aromatic N) is 2. The first kappa shape index (κ1) is 24.0. The summed E-state index contributed by atoms with van der Waals surface area (Å²) in [5, 5.41) is 0. The van der Waals surface area contributed by atoms with Gasteiger partial charge in [0.05, 0.1) is 4.90 Å². The van der Waals surface area contributed by atoms with E-state index >= 15 is 0 Å². The summed E-state index contributed by atoms with van der Waals surface area (Å²) in [4.78, 5) is 17.4. The number of amides is 1. The Morgan fingerprint density at radius 2 is 1.50 bits per heavy atom. The number of aryl methyl sites for hydroxylation is 3. The van der Waals surface area contributed by atoms with E-state index in [2.05, 4.69) is 21.8 Å². The summed E-state index contributed by atoms with van der Waals surface area (Å²) in [7, 11) is -3.83. The SMILES string of the molecule is Cc1ccc(NS(=O)(=O)c2cc(C(=O)N3CCN(Cc4ccccc4)CC3)ccc2C)cc1C. The maximum absolute atomic E-state index is 13.2. The quantitative estimate of drug-likeness (QED) is 0.572. The molecule has 0 bridgehead atoms. The summed E-state index contributed by atoms with van der Waals surface area (Å²) < 4.78 is 28.9. The van der Waals surface area contributed by atoms with E-state index in [1.165, 1.54) is 11.6 Å². The number of sulfonamides is 1. The third-order valence-electron chi connectivity index (χ3n) is 6.39. The van der Waals surface area contributed by atoms with Crippen molar-refractivity contribution in [1.29, 1.82) is 0 Å². The molecule has 178 valence electrons. The highest BCUT2D eigenvalue weighted by Crippen LogP contribution is 2.23. The van der Waals surface area contributed by atoms with Crippen LogP contribution in [0.2, 0.25) is 0 Å². The molecule has 3 aromatic rings. The summed E-state index contributed by atoms with van der Waals surface area (Å²) >= 11 is 0. The molecule has 1 fully saturated rings. The summed E-state index contributed by atoms with van der Waals surface area (Å²) in [5.41, 5.74) is 4.85. The molecule has 1 aliphatic rings. The van der Waals surface area contributed by atoms with Crippen LogP contribution in [0.25, 0.3) is 0 Å². The van der Waals surface area contributed by atoms with Gasteiger partial charge in [-0.15, -0.1) is 0 Å². The second-order valence-electron chi connectivity index (χ2n) is 8.94. The minimum atomic E-state index is -3.83. The van der Waals surface area contributed by atoms with E-state index in [0.717, 1.165) is 30.8 Å². The molecule has 0 radical (unpaired) electrons. The fourth-order valence-corrected chi connectivity index (χ4v) is 5.49. The van der Waals surface area contributed by atoms with Gasteiger partial charge in [0.2, 0.25) is 0 Å². The highest BCUT2D eigenvalue weighted by Gasteiger charge is 2.25. The molecule has 1 N–H and O–H groups in total. The van der Waals surface area contributed by atoms with E-state index in [1.54, 1.807) is 30.0 Å². The van der Waals surface area contributed by atoms with Gasteiger partial charge in [0.25, 0.3) is 15.9 Å². The van der Waals surface area contributed by atoms with Crippen LogP contribution >= 0.6 is 0 Å². The molecule has 0 saturated carbocycles. The summed E-state index contributed by atoms with van der Waals surface area (Å²) in [6.45, 7) is 9.32. The van der Waals surface area contributed by atoms with Gasteiger partial charge in [-0.1, -0.05) is 42.5 Å². The van der Waals surface area contributed by atoms with Gasteiger partial charge in [-0.3, -0.25) is 14.4 Å². The maximum Gasteiger partial charge on any atom is 0.262 e. The van der Waals surface area contributed by atoms with Crippen molar-refractivity contribution in [3.05, 3.63) is 94.5 Å². The molecule has 0 aliphatic carbocycles. The minimum Gasteiger partial charge on any atom is -0.336 e. The van der Waals surface area contributed by atoms with Gasteiger partial charge in [-0.05, 0) is 67.3 Å². The average molecular weight is 478 g/mol. The van der Waals surface area contributed by atoms with E-state index in [0.29, 0.717) is 29.9 Å². The van der Waals surface area contributed by atoms with E-state index < -0.39 is 10.0 Å². The maximum atomic E-state index is 13.2. The summed E-state index contributed by atoms with van der Waals surface area (Å²) in [6, 6.07) is 20.7. The number of rotatable bonds is 6. The van der Waals surface area contributed by atoms with Crippen LogP contribution in [0, 0.1) is 20.8 Å². The summed E-state index contributed by atoms with van der Waals surface area (Å²) in [6.07, 6.45) is 0. The molecule has 7 heteroatoms. The normalized spacial score (nSPS) is 14.7. The molecule has 3 aromatic carbocycles. The Kier molecular flexibility index (Phi) is 7.05. The lowest BCUT2D eigenvalue weighted by Gasteiger charge is -2.35. The molecule has 6 nitrogen and oxygen atoms in total. The third-order valence-corrected chi connectivity index (χ3v) is 7.92. The van der Waals surface area contributed by atoms with E-state index in [1.807, 2.05) is 44.2 Å². The number of benzene rings is 3. The molecule has 0 unspecified atom stereocenters. The van der Waals surface area contributed by atoms with Crippen LogP contribution in [0.15, 0.2) is 71.6 Å². The molecular weight excluding hydrogens is 446 g/mol. The number of nitrogens with one attached hydrogen (secondary N) is 1. The number of anilines is 1. The van der Waals surface area contributed by atoms with Crippen LogP contribution in [-0.4, -0.2) is 50.3 Å². The van der Waals surface area contributed by atoms with Gasteiger partial charge in [0, 0.05) is 44.0 Å². The van der Waals surface area contributed by atoms with Gasteiger partial charge < -0.3 is 4.90 Å². The Morgan fingerprint density at radius 3 is 2.18 bits per heavy atom. The van der Waals surface area contributed by atoms with Crippen LogP contribution in [0.3, 0.4) is 0 Å². The second-order valence-corrected chi connectivity index (χ2v) is 10.6. The van der Waals surface area contributed by atoms with Gasteiger partial charge in [0.15, 0.2) is 0 Å². The first-order valence-corrected chi connectivity index (χ1v) is 13.0. The number of carbonyl (C=O) groups is 1. The topological polar surface area (TPSA) is 69.7 Å². The Bertz CT molecular complexity index is 1280. The largest absolute Gasteiger partial charge is 0.336 e. The molecular formula is C27H31N3O3S. The zero-order valence-corrected chi connectivity index (χ0v) is 20.7. The van der Waals surface area contributed by atoms with Crippen LogP contribution in [0.1, 0.15) is 32.6 Å². The monoisotopic (exact) mass is 477 g/mol. The zero-order valence-electron chi connectivity index (χ0n) is 19.9. The van der Waals surface area contributed by atoms with Crippen molar-refractivity contribution in [3.63, 3.8) is 0 Å². The predicted molar refractivity (Wildman–Crippen MR) is 136 cm³/mol. The second kappa shape index (κ2) is 9.99. The lowest BCUT2D eigenvalue weighted by Crippen LogP contribution is -2.48. The molecule has 1 amide bonds. The molecule has 1 aliphatic heterocycles. The fraction of sp³-hybridized carbons (Fsp3) is 0.296. The van der Waals surface area contributed by atoms with E-state index in [9.17, 15) is 13.2 Å². The Balaban J connectivity index is 1.46. The fourth-order valence-electron chi connectivity index (χ4n) is 4.17. The first-order valence-electron chi connectivity index (χ1n) is 11.5. The Hall–Kier alpha value is -3.16. The van der Waals surface area contributed by atoms with Gasteiger partial charge >= 0.3 is 0 Å². The van der Waals surface area contributed by atoms with Gasteiger partial charge in [0.1, 0.15) is 0 Å². The molecule has 0 aromatic heterocycles. The van der Waals surface area contributed by atoms with Crippen LogP contribution in [0.5, 0.6) is 0 Å². The van der Waals surface area contributed by atoms with Crippen molar-refractivity contribution in [2.75, 3.05) is 30.9 Å². The Morgan fingerprint density at radius 1 is 0.824 bits per heavy atom. The third kappa shape index (κ3) is 5.48. The molecule has 0 spiro atoms. The number of hydrogen-bond donors (Lipinski definition) is 1. The molecule has 4 rings (SSSR count). The molecule has 0 atom stereocenters. The van der Waals surface area contributed by atoms with Crippen molar-refractivity contribution in [2.24, 2.45) is 0 Å². The van der Waals surface area contributed by atoms with Crippen LogP contribution in [0.4, 0.5) is 5.69 Å². The highest BCUT2D eigenvalue weighted by molar-refractivity contribution is 7.92. The number of carbonyl (C=O) groups excluding carboxylic acids is 1. The average Bonchev–Trinajstić information content (AvgIpc) is 2.82. The Labute approximate surface area is 202 Å². The van der Waals surface area contributed by atoms with E-state index in [-0.39, 0.29) is 10.8 Å². The van der Waals surface area contributed by atoms with Gasteiger partial charge in [-0.2, -0.15) is 0 Å². The van der Waals surface area contributed by atoms with E-state index in [4.69, 9.17) is 0 Å². The molecule has 34 heavy (non-hydrogen) atoms. The highest BCUT2D eigenvalue weighted by atomic mass is 32.2. The summed E-state index contributed by atoms with van der Waals surface area (Å²) in [5.74, 6) is -0.137. The smallest absolute Gasteiger partial charge is 0.262 e. The van der Waals surface area contributed by atoms with Crippen molar-refractivity contribution >= 4 is 21.6 Å². The zero-order chi connectivity index (χ0) is 24.3. The predicted octanol–water partition coefficient (Wildman–Crippen LogP) is 4.37. The van der Waals surface area contributed by atoms with Crippen molar-refractivity contribution in [3.8, 4) is 0 Å².